The SMILES string of the molecule is COc1cccc(-c2nn(-c3ccc(C)cc3)cc2C(=O)Nc2ccccc2O)c1. The summed E-state index contributed by atoms with van der Waals surface area (Å²) < 4.78 is 7.00. The highest BCUT2D eigenvalue weighted by Crippen LogP contribution is 2.29. The second-order valence-corrected chi connectivity index (χ2v) is 6.87. The van der Waals surface area contributed by atoms with Gasteiger partial charge in [0.2, 0.25) is 0 Å². The van der Waals surface area contributed by atoms with Gasteiger partial charge >= 0.3 is 0 Å². The number of aromatic nitrogens is 2. The molecule has 0 saturated carbocycles. The van der Waals surface area contributed by atoms with Crippen LogP contribution in [0.4, 0.5) is 5.69 Å². The van der Waals surface area contributed by atoms with Gasteiger partial charge in [-0.1, -0.05) is 42.0 Å². The summed E-state index contributed by atoms with van der Waals surface area (Å²) in [5, 5.41) is 17.5. The molecule has 4 rings (SSSR count). The Kier molecular flexibility index (Phi) is 5.22. The van der Waals surface area contributed by atoms with E-state index >= 15 is 0 Å². The largest absolute Gasteiger partial charge is 0.506 e. The second kappa shape index (κ2) is 8.13. The Morgan fingerprint density at radius 1 is 1.03 bits per heavy atom. The molecule has 1 heterocycles. The molecular weight excluding hydrogens is 378 g/mol. The lowest BCUT2D eigenvalue weighted by Crippen LogP contribution is -2.12. The van der Waals surface area contributed by atoms with E-state index < -0.39 is 0 Å². The molecule has 0 spiro atoms. The molecule has 1 aromatic heterocycles. The van der Waals surface area contributed by atoms with Crippen LogP contribution in [-0.2, 0) is 0 Å². The maximum Gasteiger partial charge on any atom is 0.259 e. The molecule has 0 aliphatic heterocycles. The molecule has 6 nitrogen and oxygen atoms in total. The van der Waals surface area contributed by atoms with E-state index in [2.05, 4.69) is 10.4 Å². The number of carbonyl (C=O) groups excluding carboxylic acids is 1. The molecule has 150 valence electrons. The number of phenolic OH excluding ortho intramolecular Hbond substituents is 1. The number of aromatic hydroxyl groups is 1. The van der Waals surface area contributed by atoms with Crippen molar-refractivity contribution in [2.75, 3.05) is 12.4 Å². The van der Waals surface area contributed by atoms with Crippen molar-refractivity contribution >= 4 is 11.6 Å². The van der Waals surface area contributed by atoms with Gasteiger partial charge in [-0.3, -0.25) is 4.79 Å². The lowest BCUT2D eigenvalue weighted by molar-refractivity contribution is 0.102. The van der Waals surface area contributed by atoms with Gasteiger partial charge in [-0.15, -0.1) is 0 Å². The topological polar surface area (TPSA) is 76.4 Å². The van der Waals surface area contributed by atoms with Crippen LogP contribution in [-0.4, -0.2) is 27.9 Å². The Hall–Kier alpha value is -4.06. The lowest BCUT2D eigenvalue weighted by Gasteiger charge is -2.07. The first-order valence-electron chi connectivity index (χ1n) is 9.45. The monoisotopic (exact) mass is 399 g/mol. The molecule has 0 bridgehead atoms. The van der Waals surface area contributed by atoms with Gasteiger partial charge < -0.3 is 15.2 Å². The molecule has 0 radical (unpaired) electrons. The first kappa shape index (κ1) is 19.3. The number of hydrogen-bond acceptors (Lipinski definition) is 4. The number of benzene rings is 3. The summed E-state index contributed by atoms with van der Waals surface area (Å²) in [5.74, 6) is 0.303. The van der Waals surface area contributed by atoms with Crippen LogP contribution in [0.25, 0.3) is 16.9 Å². The highest BCUT2D eigenvalue weighted by atomic mass is 16.5. The van der Waals surface area contributed by atoms with Crippen LogP contribution in [0.15, 0.2) is 79.0 Å². The lowest BCUT2D eigenvalue weighted by atomic mass is 10.1. The summed E-state index contributed by atoms with van der Waals surface area (Å²) in [4.78, 5) is 13.1. The van der Waals surface area contributed by atoms with Gasteiger partial charge in [0.15, 0.2) is 0 Å². The highest BCUT2D eigenvalue weighted by molar-refractivity contribution is 6.08. The van der Waals surface area contributed by atoms with Crippen LogP contribution < -0.4 is 10.1 Å². The molecule has 4 aromatic rings. The average molecular weight is 399 g/mol. The molecule has 0 fully saturated rings. The molecule has 30 heavy (non-hydrogen) atoms. The minimum atomic E-state index is -0.368. The third kappa shape index (κ3) is 3.89. The zero-order chi connectivity index (χ0) is 21.1. The van der Waals surface area contributed by atoms with Crippen LogP contribution in [0.1, 0.15) is 15.9 Å². The van der Waals surface area contributed by atoms with E-state index in [4.69, 9.17) is 4.74 Å². The number of aryl methyl sites for hydroxylation is 1. The fourth-order valence-electron chi connectivity index (χ4n) is 3.12. The maximum absolute atomic E-state index is 13.1. The molecule has 3 aromatic carbocycles. The van der Waals surface area contributed by atoms with Gasteiger partial charge in [0.05, 0.1) is 24.0 Å². The van der Waals surface area contributed by atoms with Gasteiger partial charge in [-0.2, -0.15) is 5.10 Å². The summed E-state index contributed by atoms with van der Waals surface area (Å²) in [5.41, 5.74) is 3.96. The molecule has 2 N–H and O–H groups in total. The fraction of sp³-hybridized carbons (Fsp3) is 0.0833. The summed E-state index contributed by atoms with van der Waals surface area (Å²) in [6.07, 6.45) is 1.69. The Bertz CT molecular complexity index is 1200. The number of hydrogen-bond donors (Lipinski definition) is 2. The highest BCUT2D eigenvalue weighted by Gasteiger charge is 2.20. The van der Waals surface area contributed by atoms with Crippen molar-refractivity contribution in [1.82, 2.24) is 9.78 Å². The van der Waals surface area contributed by atoms with Crippen LogP contribution in [0.2, 0.25) is 0 Å². The zero-order valence-electron chi connectivity index (χ0n) is 16.7. The third-order valence-electron chi connectivity index (χ3n) is 4.75. The minimum Gasteiger partial charge on any atom is -0.506 e. The van der Waals surface area contributed by atoms with Crippen molar-refractivity contribution < 1.29 is 14.6 Å². The van der Waals surface area contributed by atoms with Crippen molar-refractivity contribution in [2.24, 2.45) is 0 Å². The van der Waals surface area contributed by atoms with Gasteiger partial charge in [-0.25, -0.2) is 4.68 Å². The zero-order valence-corrected chi connectivity index (χ0v) is 16.7. The van der Waals surface area contributed by atoms with E-state index in [0.29, 0.717) is 22.7 Å². The predicted octanol–water partition coefficient (Wildman–Crippen LogP) is 4.81. The standard InChI is InChI=1S/C24H21N3O3/c1-16-10-12-18(13-11-16)27-15-20(24(29)25-21-8-3-4-9-22(21)28)23(26-27)17-6-5-7-19(14-17)30-2/h3-15,28H,1-2H3,(H,25,29). The molecular formula is C24H21N3O3. The van der Waals surface area contributed by atoms with E-state index in [1.54, 1.807) is 36.2 Å². The van der Waals surface area contributed by atoms with Crippen molar-refractivity contribution in [3.8, 4) is 28.4 Å². The molecule has 0 aliphatic rings. The Balaban J connectivity index is 1.79. The Morgan fingerprint density at radius 3 is 2.53 bits per heavy atom. The molecule has 1 amide bonds. The van der Waals surface area contributed by atoms with Gasteiger partial charge in [0, 0.05) is 11.8 Å². The van der Waals surface area contributed by atoms with E-state index in [1.807, 2.05) is 55.5 Å². The van der Waals surface area contributed by atoms with Gasteiger partial charge in [0.1, 0.15) is 17.2 Å². The molecule has 0 unspecified atom stereocenters. The number of ether oxygens (including phenoxy) is 1. The normalized spacial score (nSPS) is 10.6. The smallest absolute Gasteiger partial charge is 0.259 e. The average Bonchev–Trinajstić information content (AvgIpc) is 3.21. The van der Waals surface area contributed by atoms with Crippen LogP contribution in [0.5, 0.6) is 11.5 Å². The van der Waals surface area contributed by atoms with Gasteiger partial charge in [-0.05, 0) is 43.3 Å². The summed E-state index contributed by atoms with van der Waals surface area (Å²) in [6.45, 7) is 2.01. The fourth-order valence-corrected chi connectivity index (χ4v) is 3.12. The first-order valence-corrected chi connectivity index (χ1v) is 9.45. The molecule has 0 saturated heterocycles. The third-order valence-corrected chi connectivity index (χ3v) is 4.75. The van der Waals surface area contributed by atoms with Crippen molar-refractivity contribution in [3.63, 3.8) is 0 Å². The van der Waals surface area contributed by atoms with Crippen molar-refractivity contribution in [1.29, 1.82) is 0 Å². The number of carbonyl (C=O) groups is 1. The minimum absolute atomic E-state index is 0.000272. The van der Waals surface area contributed by atoms with Crippen LogP contribution in [0, 0.1) is 6.92 Å². The Morgan fingerprint density at radius 2 is 1.80 bits per heavy atom. The quantitative estimate of drug-likeness (QED) is 0.472. The number of methoxy groups -OCH3 is 1. The van der Waals surface area contributed by atoms with Crippen LogP contribution >= 0.6 is 0 Å². The predicted molar refractivity (Wildman–Crippen MR) is 116 cm³/mol. The van der Waals surface area contributed by atoms with E-state index in [9.17, 15) is 9.90 Å². The second-order valence-electron chi connectivity index (χ2n) is 6.87. The molecule has 0 atom stereocenters. The van der Waals surface area contributed by atoms with Crippen molar-refractivity contribution in [3.05, 3.63) is 90.1 Å². The Labute approximate surface area is 174 Å². The summed E-state index contributed by atoms with van der Waals surface area (Å²) in [7, 11) is 1.59. The van der Waals surface area contributed by atoms with Crippen molar-refractivity contribution in [2.45, 2.75) is 6.92 Å². The number of rotatable bonds is 5. The maximum atomic E-state index is 13.1. The number of para-hydroxylation sites is 2. The number of amides is 1. The van der Waals surface area contributed by atoms with E-state index in [1.165, 1.54) is 6.07 Å². The van der Waals surface area contributed by atoms with Gasteiger partial charge in [0.25, 0.3) is 5.91 Å². The number of nitrogens with one attached hydrogen (secondary N) is 1. The van der Waals surface area contributed by atoms with E-state index in [-0.39, 0.29) is 11.7 Å². The van der Waals surface area contributed by atoms with E-state index in [0.717, 1.165) is 16.8 Å². The molecule has 0 aliphatic carbocycles. The number of nitrogens with zero attached hydrogens (tertiary/aromatic N) is 2. The summed E-state index contributed by atoms with van der Waals surface area (Å²) in [6, 6.07) is 21.9. The first-order chi connectivity index (χ1) is 14.5. The number of anilines is 1. The van der Waals surface area contributed by atoms with Crippen LogP contribution in [0.3, 0.4) is 0 Å². The summed E-state index contributed by atoms with van der Waals surface area (Å²) >= 11 is 0. The molecule has 6 heteroatoms. The number of phenols is 1.